The van der Waals surface area contributed by atoms with Crippen LogP contribution < -0.4 is 0 Å². The van der Waals surface area contributed by atoms with Crippen molar-refractivity contribution in [2.24, 2.45) is 29.6 Å². The Bertz CT molecular complexity index is 598. The second kappa shape index (κ2) is 4.77. The minimum atomic E-state index is -0.521. The van der Waals surface area contributed by atoms with Crippen molar-refractivity contribution >= 4 is 28.8 Å². The Hall–Kier alpha value is -0.460. The highest BCUT2D eigenvalue weighted by atomic mass is 35.5. The highest BCUT2D eigenvalue weighted by molar-refractivity contribution is 6.51. The van der Waals surface area contributed by atoms with Gasteiger partial charge < -0.3 is 0 Å². The van der Waals surface area contributed by atoms with Crippen LogP contribution in [-0.4, -0.2) is 4.33 Å². The first kappa shape index (κ1) is 13.9. The van der Waals surface area contributed by atoms with E-state index in [1.807, 2.05) is 0 Å². The normalized spacial score (nSPS) is 40.8. The molecule has 2 heteroatoms. The fourth-order valence-corrected chi connectivity index (χ4v) is 6.37. The van der Waals surface area contributed by atoms with Crippen LogP contribution in [-0.2, 0) is 0 Å². The Kier molecular flexibility index (Phi) is 3.02. The van der Waals surface area contributed by atoms with Gasteiger partial charge in [0, 0.05) is 5.92 Å². The van der Waals surface area contributed by atoms with Crippen LogP contribution in [0.25, 0.3) is 5.57 Å². The second-order valence-corrected chi connectivity index (χ2v) is 9.60. The molecule has 1 aromatic rings. The lowest BCUT2D eigenvalue weighted by Crippen LogP contribution is -2.41. The molecule has 0 amide bonds. The van der Waals surface area contributed by atoms with Gasteiger partial charge in [-0.2, -0.15) is 0 Å². The van der Waals surface area contributed by atoms with E-state index < -0.39 is 4.33 Å². The van der Waals surface area contributed by atoms with E-state index >= 15 is 0 Å². The van der Waals surface area contributed by atoms with Crippen molar-refractivity contribution in [3.63, 3.8) is 0 Å². The third-order valence-corrected chi connectivity index (χ3v) is 7.42. The van der Waals surface area contributed by atoms with E-state index in [1.54, 1.807) is 5.57 Å². The maximum Gasteiger partial charge on any atom is 0.125 e. The minimum Gasteiger partial charge on any atom is -0.101 e. The predicted molar refractivity (Wildman–Crippen MR) is 93.0 cm³/mol. The number of alkyl halides is 2. The first-order valence-corrected chi connectivity index (χ1v) is 9.54. The molecule has 0 aromatic heterocycles. The van der Waals surface area contributed by atoms with Crippen LogP contribution in [0.1, 0.15) is 44.1 Å². The van der Waals surface area contributed by atoms with E-state index in [2.05, 4.69) is 30.3 Å². The standard InChI is InChI=1S/C20H22Cl2/c21-20(22)11-17(20)19(14-4-2-1-3-5-14)18-15-7-12-6-13(9-15)10-16(18)8-12/h1-5,12-13,15-17H,6-11H2. The van der Waals surface area contributed by atoms with Crippen LogP contribution in [0.5, 0.6) is 0 Å². The van der Waals surface area contributed by atoms with Crippen LogP contribution in [0, 0.1) is 29.6 Å². The molecule has 0 nitrogen and oxygen atoms in total. The monoisotopic (exact) mass is 332 g/mol. The summed E-state index contributed by atoms with van der Waals surface area (Å²) in [5, 5.41) is 0. The van der Waals surface area contributed by atoms with Gasteiger partial charge in [0.2, 0.25) is 0 Å². The topological polar surface area (TPSA) is 0 Å². The largest absolute Gasteiger partial charge is 0.125 e. The van der Waals surface area contributed by atoms with E-state index in [-0.39, 0.29) is 0 Å². The molecule has 0 aliphatic heterocycles. The third-order valence-electron chi connectivity index (χ3n) is 6.59. The molecular formula is C20H22Cl2. The molecule has 1 atom stereocenters. The second-order valence-electron chi connectivity index (χ2n) is 8.06. The van der Waals surface area contributed by atoms with Gasteiger partial charge in [0.1, 0.15) is 4.33 Å². The highest BCUT2D eigenvalue weighted by Gasteiger charge is 2.56. The zero-order valence-electron chi connectivity index (χ0n) is 12.8. The lowest BCUT2D eigenvalue weighted by Gasteiger charge is -2.52. The van der Waals surface area contributed by atoms with Crippen LogP contribution in [0.3, 0.4) is 0 Å². The summed E-state index contributed by atoms with van der Waals surface area (Å²) < 4.78 is -0.521. The molecule has 116 valence electrons. The molecule has 1 unspecified atom stereocenters. The number of hydrogen-bond donors (Lipinski definition) is 0. The first-order chi connectivity index (χ1) is 10.6. The average Bonchev–Trinajstić information content (AvgIpc) is 3.11. The van der Waals surface area contributed by atoms with E-state index in [1.165, 1.54) is 43.2 Å². The minimum absolute atomic E-state index is 0.353. The molecule has 5 aliphatic carbocycles. The summed E-state index contributed by atoms with van der Waals surface area (Å²) in [4.78, 5) is 0. The van der Waals surface area contributed by atoms with Gasteiger partial charge in [-0.25, -0.2) is 0 Å². The molecular weight excluding hydrogens is 311 g/mol. The summed E-state index contributed by atoms with van der Waals surface area (Å²) in [6.45, 7) is 0. The van der Waals surface area contributed by atoms with Gasteiger partial charge >= 0.3 is 0 Å². The summed E-state index contributed by atoms with van der Waals surface area (Å²) in [5.74, 6) is 3.98. The van der Waals surface area contributed by atoms with Gasteiger partial charge in [-0.1, -0.05) is 35.9 Å². The quantitative estimate of drug-likeness (QED) is 0.575. The molecule has 5 fully saturated rings. The van der Waals surface area contributed by atoms with Gasteiger partial charge in [0.05, 0.1) is 0 Å². The van der Waals surface area contributed by atoms with E-state index in [4.69, 9.17) is 23.2 Å². The van der Waals surface area contributed by atoms with Crippen molar-refractivity contribution < 1.29 is 0 Å². The number of rotatable bonds is 2. The number of benzene rings is 1. The molecule has 5 saturated carbocycles. The van der Waals surface area contributed by atoms with E-state index in [0.717, 1.165) is 30.1 Å². The Morgan fingerprint density at radius 1 is 0.864 bits per heavy atom. The fraction of sp³-hybridized carbons (Fsp3) is 0.600. The zero-order valence-corrected chi connectivity index (χ0v) is 14.3. The zero-order chi connectivity index (χ0) is 14.9. The maximum atomic E-state index is 6.50. The molecule has 0 radical (unpaired) electrons. The molecule has 0 N–H and O–H groups in total. The van der Waals surface area contributed by atoms with Crippen LogP contribution in [0.4, 0.5) is 0 Å². The van der Waals surface area contributed by atoms with Gasteiger partial charge in [-0.05, 0) is 73.3 Å². The Morgan fingerprint density at radius 2 is 1.41 bits per heavy atom. The Labute approximate surface area is 142 Å². The van der Waals surface area contributed by atoms with Crippen molar-refractivity contribution in [2.75, 3.05) is 0 Å². The van der Waals surface area contributed by atoms with Crippen LogP contribution >= 0.6 is 23.2 Å². The van der Waals surface area contributed by atoms with E-state index in [9.17, 15) is 0 Å². The summed E-state index contributed by atoms with van der Waals surface area (Å²) in [5.41, 5.74) is 4.66. The molecule has 4 bridgehead atoms. The molecule has 0 spiro atoms. The van der Waals surface area contributed by atoms with E-state index in [0.29, 0.717) is 5.92 Å². The number of halogens is 2. The Morgan fingerprint density at radius 3 is 1.91 bits per heavy atom. The van der Waals surface area contributed by atoms with Crippen LogP contribution in [0.15, 0.2) is 35.9 Å². The molecule has 1 aromatic carbocycles. The average molecular weight is 333 g/mol. The number of hydrogen-bond acceptors (Lipinski definition) is 0. The van der Waals surface area contributed by atoms with Crippen molar-refractivity contribution in [1.82, 2.24) is 0 Å². The van der Waals surface area contributed by atoms with Crippen LogP contribution in [0.2, 0.25) is 0 Å². The summed E-state index contributed by atoms with van der Waals surface area (Å²) in [6, 6.07) is 10.9. The highest BCUT2D eigenvalue weighted by Crippen LogP contribution is 2.64. The van der Waals surface area contributed by atoms with Gasteiger partial charge in [-0.3, -0.25) is 0 Å². The van der Waals surface area contributed by atoms with Crippen molar-refractivity contribution in [3.8, 4) is 0 Å². The van der Waals surface area contributed by atoms with Gasteiger partial charge in [0.25, 0.3) is 0 Å². The maximum absolute atomic E-state index is 6.50. The lowest BCUT2D eigenvalue weighted by molar-refractivity contribution is 0.0701. The summed E-state index contributed by atoms with van der Waals surface area (Å²) in [7, 11) is 0. The molecule has 22 heavy (non-hydrogen) atoms. The van der Waals surface area contributed by atoms with Gasteiger partial charge in [-0.15, -0.1) is 23.2 Å². The third kappa shape index (κ3) is 2.10. The number of allylic oxidation sites excluding steroid dienone is 2. The van der Waals surface area contributed by atoms with Crippen molar-refractivity contribution in [2.45, 2.75) is 42.9 Å². The van der Waals surface area contributed by atoms with Gasteiger partial charge in [0.15, 0.2) is 0 Å². The summed E-state index contributed by atoms with van der Waals surface area (Å²) in [6.07, 6.45) is 8.10. The van der Waals surface area contributed by atoms with Crippen molar-refractivity contribution in [1.29, 1.82) is 0 Å². The molecule has 5 aliphatic rings. The molecule has 0 heterocycles. The first-order valence-electron chi connectivity index (χ1n) is 8.79. The predicted octanol–water partition coefficient (Wildman–Crippen LogP) is 6.09. The molecule has 6 rings (SSSR count). The Balaban J connectivity index is 1.64. The smallest absolute Gasteiger partial charge is 0.101 e. The van der Waals surface area contributed by atoms with Crippen molar-refractivity contribution in [3.05, 3.63) is 41.5 Å². The lowest BCUT2D eigenvalue weighted by atomic mass is 9.53. The molecule has 0 saturated heterocycles. The SMILES string of the molecule is ClC1(Cl)CC1C(=C1C2CC3CC(C2)CC1C3)c1ccccc1. The summed E-state index contributed by atoms with van der Waals surface area (Å²) >= 11 is 13.0. The fourth-order valence-electron chi connectivity index (χ4n) is 5.84.